The van der Waals surface area contributed by atoms with Crippen molar-refractivity contribution < 1.29 is 0 Å². The third-order valence-corrected chi connectivity index (χ3v) is 6.22. The monoisotopic (exact) mass is 264 g/mol. The van der Waals surface area contributed by atoms with Gasteiger partial charge in [0.05, 0.1) is 0 Å². The molecule has 0 aromatic rings. The molecule has 1 saturated heterocycles. The van der Waals surface area contributed by atoms with E-state index >= 15 is 0 Å². The number of rotatable bonds is 4. The molecular formula is C17H32N2. The lowest BCUT2D eigenvalue weighted by atomic mass is 9.57. The van der Waals surface area contributed by atoms with Gasteiger partial charge in [-0.25, -0.2) is 0 Å². The van der Waals surface area contributed by atoms with Crippen LogP contribution in [0.4, 0.5) is 0 Å². The van der Waals surface area contributed by atoms with Crippen molar-refractivity contribution in [2.45, 2.75) is 77.3 Å². The van der Waals surface area contributed by atoms with Crippen LogP contribution in [0, 0.1) is 11.3 Å². The molecule has 0 aromatic heterocycles. The van der Waals surface area contributed by atoms with Gasteiger partial charge in [-0.2, -0.15) is 0 Å². The Morgan fingerprint density at radius 2 is 1.89 bits per heavy atom. The Hall–Kier alpha value is -0.0800. The minimum atomic E-state index is 0.731. The van der Waals surface area contributed by atoms with E-state index < -0.39 is 0 Å². The molecule has 0 bridgehead atoms. The number of nitrogens with zero attached hydrogens (tertiary/aromatic N) is 1. The van der Waals surface area contributed by atoms with Gasteiger partial charge >= 0.3 is 0 Å². The number of likely N-dealkylation sites (tertiary alicyclic amines) is 1. The lowest BCUT2D eigenvalue weighted by Crippen LogP contribution is -2.55. The zero-order valence-electron chi connectivity index (χ0n) is 13.0. The Morgan fingerprint density at radius 1 is 1.11 bits per heavy atom. The highest BCUT2D eigenvalue weighted by Crippen LogP contribution is 2.51. The van der Waals surface area contributed by atoms with Crippen LogP contribution in [-0.4, -0.2) is 36.6 Å². The predicted octanol–water partition coefficient (Wildman–Crippen LogP) is 3.42. The Bertz CT molecular complexity index is 294. The molecule has 0 radical (unpaired) electrons. The van der Waals surface area contributed by atoms with Crippen LogP contribution in [0.1, 0.15) is 65.2 Å². The van der Waals surface area contributed by atoms with Crippen molar-refractivity contribution in [3.63, 3.8) is 0 Å². The molecule has 2 aliphatic carbocycles. The lowest BCUT2D eigenvalue weighted by molar-refractivity contribution is 0.0212. The van der Waals surface area contributed by atoms with Crippen molar-refractivity contribution in [3.8, 4) is 0 Å². The maximum absolute atomic E-state index is 3.95. The molecule has 2 saturated carbocycles. The van der Waals surface area contributed by atoms with E-state index in [9.17, 15) is 0 Å². The van der Waals surface area contributed by atoms with Crippen LogP contribution in [0.25, 0.3) is 0 Å². The average molecular weight is 264 g/mol. The Labute approximate surface area is 119 Å². The fourth-order valence-electron chi connectivity index (χ4n) is 4.68. The zero-order chi connectivity index (χ0) is 13.3. The van der Waals surface area contributed by atoms with E-state index in [0.717, 1.165) is 23.4 Å². The quantitative estimate of drug-likeness (QED) is 0.837. The first-order valence-corrected chi connectivity index (χ1v) is 8.67. The fraction of sp³-hybridized carbons (Fsp3) is 1.00. The highest BCUT2D eigenvalue weighted by Gasteiger charge is 2.46. The second-order valence-electron chi connectivity index (χ2n) is 7.67. The standard InChI is InChI=1S/C17H32N2/c1-14(2)19-11-7-15(13-19)12-18-16-6-10-17(16)8-4-3-5-9-17/h14-16,18H,3-13H2,1-2H3. The summed E-state index contributed by atoms with van der Waals surface area (Å²) in [6.45, 7) is 8.58. The molecule has 1 N–H and O–H groups in total. The molecule has 2 atom stereocenters. The van der Waals surface area contributed by atoms with Crippen LogP contribution in [0.15, 0.2) is 0 Å². The molecule has 2 unspecified atom stereocenters. The van der Waals surface area contributed by atoms with Crippen LogP contribution in [0.2, 0.25) is 0 Å². The summed E-state index contributed by atoms with van der Waals surface area (Å²) in [6.07, 6.45) is 11.8. The highest BCUT2D eigenvalue weighted by molar-refractivity contribution is 5.01. The average Bonchev–Trinajstić information content (AvgIpc) is 2.88. The Kier molecular flexibility index (Phi) is 4.19. The summed E-state index contributed by atoms with van der Waals surface area (Å²) in [5.41, 5.74) is 0.731. The fourth-order valence-corrected chi connectivity index (χ4v) is 4.68. The van der Waals surface area contributed by atoms with E-state index in [0.29, 0.717) is 0 Å². The molecule has 1 spiro atoms. The summed E-state index contributed by atoms with van der Waals surface area (Å²) in [4.78, 5) is 2.64. The summed E-state index contributed by atoms with van der Waals surface area (Å²) in [7, 11) is 0. The number of nitrogens with one attached hydrogen (secondary N) is 1. The molecule has 0 amide bonds. The Morgan fingerprint density at radius 3 is 2.47 bits per heavy atom. The third kappa shape index (κ3) is 2.85. The highest BCUT2D eigenvalue weighted by atomic mass is 15.2. The minimum absolute atomic E-state index is 0.731. The second-order valence-corrected chi connectivity index (χ2v) is 7.67. The summed E-state index contributed by atoms with van der Waals surface area (Å²) in [6, 6.07) is 1.60. The van der Waals surface area contributed by atoms with E-state index in [1.54, 1.807) is 0 Å². The van der Waals surface area contributed by atoms with Gasteiger partial charge in [-0.15, -0.1) is 0 Å². The van der Waals surface area contributed by atoms with Crippen LogP contribution in [0.3, 0.4) is 0 Å². The summed E-state index contributed by atoms with van der Waals surface area (Å²) in [5, 5.41) is 3.95. The van der Waals surface area contributed by atoms with Crippen molar-refractivity contribution in [2.24, 2.45) is 11.3 Å². The van der Waals surface area contributed by atoms with Gasteiger partial charge in [0.25, 0.3) is 0 Å². The van der Waals surface area contributed by atoms with Crippen LogP contribution in [0.5, 0.6) is 0 Å². The molecule has 1 heterocycles. The Balaban J connectivity index is 1.43. The lowest BCUT2D eigenvalue weighted by Gasteiger charge is -2.53. The van der Waals surface area contributed by atoms with Crippen molar-refractivity contribution >= 4 is 0 Å². The van der Waals surface area contributed by atoms with E-state index in [4.69, 9.17) is 0 Å². The molecule has 0 aromatic carbocycles. The van der Waals surface area contributed by atoms with E-state index in [2.05, 4.69) is 24.1 Å². The third-order valence-electron chi connectivity index (χ3n) is 6.22. The van der Waals surface area contributed by atoms with Gasteiger partial charge in [0, 0.05) is 18.6 Å². The van der Waals surface area contributed by atoms with Crippen molar-refractivity contribution in [3.05, 3.63) is 0 Å². The van der Waals surface area contributed by atoms with E-state index in [-0.39, 0.29) is 0 Å². The SMILES string of the molecule is CC(C)N1CCC(CNC2CCC23CCCCC3)C1. The van der Waals surface area contributed by atoms with Gasteiger partial charge in [0.1, 0.15) is 0 Å². The first kappa shape index (κ1) is 13.9. The van der Waals surface area contributed by atoms with Crippen molar-refractivity contribution in [1.82, 2.24) is 10.2 Å². The second kappa shape index (κ2) is 5.73. The molecule has 1 aliphatic heterocycles. The first-order valence-electron chi connectivity index (χ1n) is 8.67. The van der Waals surface area contributed by atoms with E-state index in [1.165, 1.54) is 71.0 Å². The molecular weight excluding hydrogens is 232 g/mol. The molecule has 3 aliphatic rings. The maximum atomic E-state index is 3.95. The predicted molar refractivity (Wildman–Crippen MR) is 81.4 cm³/mol. The molecule has 2 heteroatoms. The maximum Gasteiger partial charge on any atom is 0.0124 e. The van der Waals surface area contributed by atoms with Gasteiger partial charge in [-0.05, 0) is 70.4 Å². The number of hydrogen-bond donors (Lipinski definition) is 1. The normalized spacial score (nSPS) is 34.9. The van der Waals surface area contributed by atoms with Gasteiger partial charge in [-0.3, -0.25) is 0 Å². The van der Waals surface area contributed by atoms with Gasteiger partial charge < -0.3 is 10.2 Å². The van der Waals surface area contributed by atoms with Gasteiger partial charge in [-0.1, -0.05) is 19.3 Å². The smallest absolute Gasteiger partial charge is 0.0124 e. The topological polar surface area (TPSA) is 15.3 Å². The van der Waals surface area contributed by atoms with E-state index in [1.807, 2.05) is 0 Å². The summed E-state index contributed by atoms with van der Waals surface area (Å²) in [5.74, 6) is 0.906. The molecule has 3 fully saturated rings. The van der Waals surface area contributed by atoms with Gasteiger partial charge in [0.15, 0.2) is 0 Å². The molecule has 19 heavy (non-hydrogen) atoms. The molecule has 3 rings (SSSR count). The number of hydrogen-bond acceptors (Lipinski definition) is 2. The summed E-state index contributed by atoms with van der Waals surface area (Å²) >= 11 is 0. The van der Waals surface area contributed by atoms with Crippen LogP contribution >= 0.6 is 0 Å². The van der Waals surface area contributed by atoms with Crippen LogP contribution < -0.4 is 5.32 Å². The molecule has 2 nitrogen and oxygen atoms in total. The van der Waals surface area contributed by atoms with Crippen molar-refractivity contribution in [2.75, 3.05) is 19.6 Å². The molecule has 110 valence electrons. The summed E-state index contributed by atoms with van der Waals surface area (Å²) < 4.78 is 0. The minimum Gasteiger partial charge on any atom is -0.313 e. The largest absolute Gasteiger partial charge is 0.313 e. The van der Waals surface area contributed by atoms with Gasteiger partial charge in [0.2, 0.25) is 0 Å². The van der Waals surface area contributed by atoms with Crippen molar-refractivity contribution in [1.29, 1.82) is 0 Å². The van der Waals surface area contributed by atoms with Crippen LogP contribution in [-0.2, 0) is 0 Å². The zero-order valence-corrected chi connectivity index (χ0v) is 13.0. The first-order chi connectivity index (χ1) is 9.20.